The van der Waals surface area contributed by atoms with Gasteiger partial charge in [-0.1, -0.05) is 24.6 Å². The van der Waals surface area contributed by atoms with Gasteiger partial charge in [0.25, 0.3) is 0 Å². The minimum atomic E-state index is -4.84. The number of hydrogen-bond donors (Lipinski definition) is 2. The van der Waals surface area contributed by atoms with Crippen LogP contribution in [0, 0.1) is 0 Å². The zero-order valence-corrected chi connectivity index (χ0v) is 12.7. The molecule has 0 aliphatic carbocycles. The number of rotatable bonds is 6. The molecule has 2 N–H and O–H groups in total. The van der Waals surface area contributed by atoms with Crippen molar-refractivity contribution in [3.8, 4) is 0 Å². The van der Waals surface area contributed by atoms with E-state index in [0.29, 0.717) is 12.5 Å². The van der Waals surface area contributed by atoms with Gasteiger partial charge in [-0.15, -0.1) is 0 Å². The van der Waals surface area contributed by atoms with E-state index in [0.717, 1.165) is 12.1 Å². The molecule has 120 valence electrons. The molecule has 1 aromatic rings. The molecule has 0 amide bonds. The fourth-order valence-electron chi connectivity index (χ4n) is 1.79. The molecule has 1 unspecified atom stereocenters. The summed E-state index contributed by atoms with van der Waals surface area (Å²) in [7, 11) is -4.45. The number of hydrogen-bond acceptors (Lipinski definition) is 3. The second-order valence-corrected chi connectivity index (χ2v) is 6.41. The highest BCUT2D eigenvalue weighted by atomic mass is 35.5. The number of aliphatic hydroxyl groups excluding tert-OH is 1. The van der Waals surface area contributed by atoms with Gasteiger partial charge >= 0.3 is 6.18 Å². The first-order valence-electron chi connectivity index (χ1n) is 6.12. The number of benzene rings is 1. The Kier molecular flexibility index (Phi) is 6.03. The van der Waals surface area contributed by atoms with Crippen LogP contribution < -0.4 is 4.72 Å². The third-order valence-corrected chi connectivity index (χ3v) is 4.88. The summed E-state index contributed by atoms with van der Waals surface area (Å²) in [4.78, 5) is -0.990. The van der Waals surface area contributed by atoms with Crippen molar-refractivity contribution >= 4 is 21.6 Å². The lowest BCUT2D eigenvalue weighted by molar-refractivity contribution is -0.139. The SMILES string of the molecule is CCC(CCO)NS(=O)(=O)c1c(Cl)cccc1C(F)(F)F. The van der Waals surface area contributed by atoms with Gasteiger partial charge < -0.3 is 5.11 Å². The van der Waals surface area contributed by atoms with Crippen molar-refractivity contribution in [2.45, 2.75) is 36.9 Å². The van der Waals surface area contributed by atoms with Gasteiger partial charge in [-0.2, -0.15) is 13.2 Å². The Morgan fingerprint density at radius 1 is 1.38 bits per heavy atom. The first-order chi connectivity index (χ1) is 9.63. The Morgan fingerprint density at radius 3 is 2.48 bits per heavy atom. The summed E-state index contributed by atoms with van der Waals surface area (Å²) >= 11 is 5.66. The largest absolute Gasteiger partial charge is 0.417 e. The predicted molar refractivity (Wildman–Crippen MR) is 72.6 cm³/mol. The van der Waals surface area contributed by atoms with Gasteiger partial charge in [0.05, 0.1) is 10.6 Å². The standard InChI is InChI=1S/C12H15ClF3NO3S/c1-2-8(6-7-18)17-21(19,20)11-9(12(14,15)16)4-3-5-10(11)13/h3-5,8,17-18H,2,6-7H2,1H3. The summed E-state index contributed by atoms with van der Waals surface area (Å²) in [6.45, 7) is 1.37. The fourth-order valence-corrected chi connectivity index (χ4v) is 3.90. The van der Waals surface area contributed by atoms with Crippen molar-refractivity contribution in [1.82, 2.24) is 4.72 Å². The summed E-state index contributed by atoms with van der Waals surface area (Å²) in [5.74, 6) is 0. The van der Waals surface area contributed by atoms with Crippen LogP contribution in [0.5, 0.6) is 0 Å². The van der Waals surface area contributed by atoms with Gasteiger partial charge in [-0.25, -0.2) is 13.1 Å². The van der Waals surface area contributed by atoms with E-state index in [1.807, 2.05) is 0 Å². The molecule has 9 heteroatoms. The van der Waals surface area contributed by atoms with Crippen LogP contribution in [0.1, 0.15) is 25.3 Å². The van der Waals surface area contributed by atoms with Crippen molar-refractivity contribution in [1.29, 1.82) is 0 Å². The maximum atomic E-state index is 12.9. The molecule has 1 aromatic carbocycles. The Labute approximate surface area is 126 Å². The summed E-state index contributed by atoms with van der Waals surface area (Å²) < 4.78 is 65.3. The maximum absolute atomic E-state index is 12.9. The minimum Gasteiger partial charge on any atom is -0.396 e. The smallest absolute Gasteiger partial charge is 0.396 e. The molecule has 4 nitrogen and oxygen atoms in total. The molecular formula is C12H15ClF3NO3S. The molecule has 0 aliphatic rings. The summed E-state index contributed by atoms with van der Waals surface area (Å²) in [6, 6.07) is 2.11. The Bertz CT molecular complexity index is 590. The van der Waals surface area contributed by atoms with E-state index in [9.17, 15) is 21.6 Å². The van der Waals surface area contributed by atoms with Crippen LogP contribution in [-0.4, -0.2) is 26.2 Å². The van der Waals surface area contributed by atoms with E-state index < -0.39 is 37.7 Å². The van der Waals surface area contributed by atoms with Crippen molar-refractivity contribution < 1.29 is 26.7 Å². The Morgan fingerprint density at radius 2 is 2.00 bits per heavy atom. The lowest BCUT2D eigenvalue weighted by Crippen LogP contribution is -2.36. The van der Waals surface area contributed by atoms with Crippen LogP contribution >= 0.6 is 11.6 Å². The minimum absolute atomic E-state index is 0.0987. The number of halogens is 4. The number of aliphatic hydroxyl groups is 1. The molecule has 0 spiro atoms. The molecule has 0 fully saturated rings. The predicted octanol–water partition coefficient (Wildman–Crippen LogP) is 2.80. The van der Waals surface area contributed by atoms with E-state index >= 15 is 0 Å². The van der Waals surface area contributed by atoms with E-state index in [-0.39, 0.29) is 13.0 Å². The molecule has 0 radical (unpaired) electrons. The molecular weight excluding hydrogens is 331 g/mol. The number of alkyl halides is 3. The van der Waals surface area contributed by atoms with Crippen LogP contribution in [-0.2, 0) is 16.2 Å². The second-order valence-electron chi connectivity index (χ2n) is 4.35. The highest BCUT2D eigenvalue weighted by molar-refractivity contribution is 7.89. The normalized spacial score (nSPS) is 14.2. The van der Waals surface area contributed by atoms with Crippen molar-refractivity contribution in [2.75, 3.05) is 6.61 Å². The zero-order chi connectivity index (χ0) is 16.3. The maximum Gasteiger partial charge on any atom is 0.417 e. The molecule has 0 heterocycles. The molecule has 0 aliphatic heterocycles. The monoisotopic (exact) mass is 345 g/mol. The first-order valence-corrected chi connectivity index (χ1v) is 7.98. The molecule has 0 bridgehead atoms. The highest BCUT2D eigenvalue weighted by Crippen LogP contribution is 2.37. The number of nitrogens with one attached hydrogen (secondary N) is 1. The summed E-state index contributed by atoms with van der Waals surface area (Å²) in [5.41, 5.74) is -1.32. The van der Waals surface area contributed by atoms with E-state index in [1.54, 1.807) is 6.92 Å². The molecule has 0 aromatic heterocycles. The molecule has 1 atom stereocenters. The number of sulfonamides is 1. The molecule has 0 saturated heterocycles. The van der Waals surface area contributed by atoms with Crippen LogP contribution in [0.3, 0.4) is 0 Å². The Balaban J connectivity index is 3.32. The van der Waals surface area contributed by atoms with Gasteiger partial charge in [0.1, 0.15) is 4.90 Å². The van der Waals surface area contributed by atoms with Crippen molar-refractivity contribution in [2.24, 2.45) is 0 Å². The third kappa shape index (κ3) is 4.57. The molecule has 1 rings (SSSR count). The third-order valence-electron chi connectivity index (χ3n) is 2.83. The van der Waals surface area contributed by atoms with Gasteiger partial charge in [0.2, 0.25) is 10.0 Å². The topological polar surface area (TPSA) is 66.4 Å². The van der Waals surface area contributed by atoms with Gasteiger partial charge in [0.15, 0.2) is 0 Å². The lowest BCUT2D eigenvalue weighted by Gasteiger charge is -2.19. The van der Waals surface area contributed by atoms with E-state index in [2.05, 4.69) is 4.72 Å². The van der Waals surface area contributed by atoms with E-state index in [1.165, 1.54) is 0 Å². The van der Waals surface area contributed by atoms with Crippen molar-refractivity contribution in [3.63, 3.8) is 0 Å². The van der Waals surface area contributed by atoms with Gasteiger partial charge in [-0.05, 0) is 25.0 Å². The van der Waals surface area contributed by atoms with E-state index in [4.69, 9.17) is 16.7 Å². The van der Waals surface area contributed by atoms with Crippen LogP contribution in [0.4, 0.5) is 13.2 Å². The summed E-state index contributed by atoms with van der Waals surface area (Å²) in [5, 5.41) is 8.33. The quantitative estimate of drug-likeness (QED) is 0.833. The average molecular weight is 346 g/mol. The Hall–Kier alpha value is -0.830. The first kappa shape index (κ1) is 18.2. The van der Waals surface area contributed by atoms with Crippen LogP contribution in [0.15, 0.2) is 23.1 Å². The van der Waals surface area contributed by atoms with Crippen molar-refractivity contribution in [3.05, 3.63) is 28.8 Å². The second kappa shape index (κ2) is 6.95. The van der Waals surface area contributed by atoms with Crippen LogP contribution in [0.2, 0.25) is 5.02 Å². The highest BCUT2D eigenvalue weighted by Gasteiger charge is 2.38. The molecule has 0 saturated carbocycles. The summed E-state index contributed by atoms with van der Waals surface area (Å²) in [6.07, 6.45) is -4.42. The van der Waals surface area contributed by atoms with Gasteiger partial charge in [-0.3, -0.25) is 0 Å². The molecule has 21 heavy (non-hydrogen) atoms. The van der Waals surface area contributed by atoms with Gasteiger partial charge in [0, 0.05) is 12.6 Å². The lowest BCUT2D eigenvalue weighted by atomic mass is 10.2. The zero-order valence-electron chi connectivity index (χ0n) is 11.1. The van der Waals surface area contributed by atoms with Crippen LogP contribution in [0.25, 0.3) is 0 Å². The fraction of sp³-hybridized carbons (Fsp3) is 0.500. The average Bonchev–Trinajstić information content (AvgIpc) is 2.36.